The van der Waals surface area contributed by atoms with E-state index in [0.29, 0.717) is 6.42 Å². The number of halogens is 3. The lowest BCUT2D eigenvalue weighted by atomic mass is 9.98. The number of hydrogen-bond acceptors (Lipinski definition) is 5. The first-order valence-electron chi connectivity index (χ1n) is 9.96. The molecule has 3 atom stereocenters. The molecule has 0 saturated carbocycles. The summed E-state index contributed by atoms with van der Waals surface area (Å²) in [4.78, 5) is 50.3. The van der Waals surface area contributed by atoms with E-state index in [1.54, 1.807) is 20.8 Å². The SMILES string of the molecule is CCOC(=O)N[C@H](C(=O)N1CCC[C@H]1C(=O)NC(C(=O)C(F)(F)F)C(C)C)C(C)C. The van der Waals surface area contributed by atoms with Crippen molar-refractivity contribution < 1.29 is 37.1 Å². The standard InChI is InChI=1S/C19H30F3N3O5/c1-6-30-18(29)24-14(11(4)5)17(28)25-9-7-8-12(25)16(27)23-13(10(2)3)15(26)19(20,21)22/h10-14H,6-9H2,1-5H3,(H,23,27)(H,24,29)/t12-,13?,14-/m0/s1. The Bertz CT molecular complexity index is 652. The second-order valence-electron chi connectivity index (χ2n) is 7.87. The van der Waals surface area contributed by atoms with Gasteiger partial charge in [-0.25, -0.2) is 4.79 Å². The highest BCUT2D eigenvalue weighted by molar-refractivity contribution is 5.96. The van der Waals surface area contributed by atoms with E-state index in [9.17, 15) is 32.3 Å². The Morgan fingerprint density at radius 2 is 1.60 bits per heavy atom. The van der Waals surface area contributed by atoms with Crippen LogP contribution in [0.4, 0.5) is 18.0 Å². The quantitative estimate of drug-likeness (QED) is 0.605. The topological polar surface area (TPSA) is 105 Å². The van der Waals surface area contributed by atoms with E-state index in [1.165, 1.54) is 18.7 Å². The van der Waals surface area contributed by atoms with Crippen LogP contribution in [-0.4, -0.2) is 66.0 Å². The van der Waals surface area contributed by atoms with E-state index in [2.05, 4.69) is 10.6 Å². The summed E-state index contributed by atoms with van der Waals surface area (Å²) in [6.07, 6.45) is -5.15. The molecule has 1 unspecified atom stereocenters. The second-order valence-corrected chi connectivity index (χ2v) is 7.87. The van der Waals surface area contributed by atoms with Gasteiger partial charge in [0.2, 0.25) is 11.8 Å². The number of amides is 3. The third-order valence-electron chi connectivity index (χ3n) is 4.85. The van der Waals surface area contributed by atoms with Crippen molar-refractivity contribution >= 4 is 23.7 Å². The summed E-state index contributed by atoms with van der Waals surface area (Å²) in [7, 11) is 0. The first-order chi connectivity index (χ1) is 13.8. The third kappa shape index (κ3) is 6.60. The highest BCUT2D eigenvalue weighted by Crippen LogP contribution is 2.24. The number of carbonyl (C=O) groups is 4. The van der Waals surface area contributed by atoms with Crippen LogP contribution in [0.3, 0.4) is 0 Å². The molecule has 1 fully saturated rings. The monoisotopic (exact) mass is 437 g/mol. The van der Waals surface area contributed by atoms with Gasteiger partial charge in [0.1, 0.15) is 12.1 Å². The van der Waals surface area contributed by atoms with Crippen LogP contribution >= 0.6 is 0 Å². The minimum atomic E-state index is -5.08. The molecule has 2 N–H and O–H groups in total. The van der Waals surface area contributed by atoms with Crippen molar-refractivity contribution in [3.8, 4) is 0 Å². The van der Waals surface area contributed by atoms with Crippen LogP contribution in [0.25, 0.3) is 0 Å². The lowest BCUT2D eigenvalue weighted by molar-refractivity contribution is -0.175. The molecular formula is C19H30F3N3O5. The van der Waals surface area contributed by atoms with Crippen LogP contribution in [0.1, 0.15) is 47.5 Å². The van der Waals surface area contributed by atoms with E-state index in [1.807, 2.05) is 0 Å². The number of ketones is 1. The summed E-state index contributed by atoms with van der Waals surface area (Å²) in [5.41, 5.74) is 0. The zero-order valence-electron chi connectivity index (χ0n) is 17.8. The maximum absolute atomic E-state index is 13.0. The van der Waals surface area contributed by atoms with Crippen molar-refractivity contribution in [2.45, 2.75) is 71.8 Å². The summed E-state index contributed by atoms with van der Waals surface area (Å²) in [6.45, 7) is 8.13. The second kappa shape index (κ2) is 10.6. The van der Waals surface area contributed by atoms with Gasteiger partial charge in [-0.15, -0.1) is 0 Å². The Balaban J connectivity index is 2.98. The van der Waals surface area contributed by atoms with E-state index in [4.69, 9.17) is 4.74 Å². The van der Waals surface area contributed by atoms with E-state index >= 15 is 0 Å². The smallest absolute Gasteiger partial charge is 0.450 e. The molecule has 0 spiro atoms. The number of nitrogens with zero attached hydrogens (tertiary/aromatic N) is 1. The number of ether oxygens (including phenoxy) is 1. The summed E-state index contributed by atoms with van der Waals surface area (Å²) in [5, 5.41) is 4.63. The van der Waals surface area contributed by atoms with Gasteiger partial charge in [-0.3, -0.25) is 14.4 Å². The van der Waals surface area contributed by atoms with E-state index in [-0.39, 0.29) is 25.5 Å². The van der Waals surface area contributed by atoms with Gasteiger partial charge in [0, 0.05) is 6.54 Å². The normalized spacial score (nSPS) is 18.9. The number of hydrogen-bond donors (Lipinski definition) is 2. The summed E-state index contributed by atoms with van der Waals surface area (Å²) in [6, 6.07) is -3.73. The molecule has 0 radical (unpaired) electrons. The average molecular weight is 437 g/mol. The minimum absolute atomic E-state index is 0.114. The largest absolute Gasteiger partial charge is 0.452 e. The molecule has 1 saturated heterocycles. The number of likely N-dealkylation sites (tertiary alicyclic amines) is 1. The van der Waals surface area contributed by atoms with Crippen molar-refractivity contribution in [3.63, 3.8) is 0 Å². The highest BCUT2D eigenvalue weighted by atomic mass is 19.4. The molecule has 1 rings (SSSR count). The Kier molecular flexibility index (Phi) is 9.10. The molecule has 8 nitrogen and oxygen atoms in total. The zero-order chi connectivity index (χ0) is 23.2. The minimum Gasteiger partial charge on any atom is -0.450 e. The maximum atomic E-state index is 13.0. The molecule has 0 aliphatic carbocycles. The van der Waals surface area contributed by atoms with Gasteiger partial charge in [-0.2, -0.15) is 13.2 Å². The van der Waals surface area contributed by atoms with Crippen molar-refractivity contribution in [2.24, 2.45) is 11.8 Å². The van der Waals surface area contributed by atoms with Gasteiger partial charge in [0.05, 0.1) is 12.6 Å². The fourth-order valence-corrected chi connectivity index (χ4v) is 3.26. The number of carbonyl (C=O) groups excluding carboxylic acids is 4. The van der Waals surface area contributed by atoms with Gasteiger partial charge >= 0.3 is 12.3 Å². The molecule has 0 bridgehead atoms. The zero-order valence-corrected chi connectivity index (χ0v) is 17.8. The molecule has 0 aromatic rings. The number of nitrogens with one attached hydrogen (secondary N) is 2. The predicted molar refractivity (Wildman–Crippen MR) is 101 cm³/mol. The van der Waals surface area contributed by atoms with Gasteiger partial charge < -0.3 is 20.3 Å². The molecule has 30 heavy (non-hydrogen) atoms. The van der Waals surface area contributed by atoms with Crippen molar-refractivity contribution in [3.05, 3.63) is 0 Å². The lowest BCUT2D eigenvalue weighted by Crippen LogP contribution is -2.58. The fourth-order valence-electron chi connectivity index (χ4n) is 3.26. The molecule has 1 heterocycles. The molecule has 3 amide bonds. The third-order valence-corrected chi connectivity index (χ3v) is 4.85. The van der Waals surface area contributed by atoms with E-state index < -0.39 is 53.9 Å². The van der Waals surface area contributed by atoms with Crippen LogP contribution < -0.4 is 10.6 Å². The molecular weight excluding hydrogens is 407 g/mol. The van der Waals surface area contributed by atoms with Crippen LogP contribution in [-0.2, 0) is 19.1 Å². The number of alkyl halides is 3. The summed E-state index contributed by atoms with van der Waals surface area (Å²) < 4.78 is 43.4. The van der Waals surface area contributed by atoms with Gasteiger partial charge in [0.15, 0.2) is 0 Å². The highest BCUT2D eigenvalue weighted by Gasteiger charge is 2.46. The van der Waals surface area contributed by atoms with Gasteiger partial charge in [-0.1, -0.05) is 27.7 Å². The predicted octanol–water partition coefficient (Wildman–Crippen LogP) is 2.02. The van der Waals surface area contributed by atoms with Crippen LogP contribution in [0.2, 0.25) is 0 Å². The fraction of sp³-hybridized carbons (Fsp3) is 0.789. The summed E-state index contributed by atoms with van der Waals surface area (Å²) in [5.74, 6) is -4.50. The molecule has 11 heteroatoms. The molecule has 0 aromatic heterocycles. The van der Waals surface area contributed by atoms with Gasteiger partial charge in [0.25, 0.3) is 5.78 Å². The first kappa shape index (κ1) is 25.7. The lowest BCUT2D eigenvalue weighted by Gasteiger charge is -2.31. The number of alkyl carbamates (subject to hydrolysis) is 1. The van der Waals surface area contributed by atoms with Crippen molar-refractivity contribution in [1.82, 2.24) is 15.5 Å². The first-order valence-corrected chi connectivity index (χ1v) is 9.96. The average Bonchev–Trinajstić information content (AvgIpc) is 3.11. The van der Waals surface area contributed by atoms with Crippen LogP contribution in [0.5, 0.6) is 0 Å². The Morgan fingerprint density at radius 1 is 1.03 bits per heavy atom. The van der Waals surface area contributed by atoms with Gasteiger partial charge in [-0.05, 0) is 31.6 Å². The number of Topliss-reactive ketones (excluding diaryl/α,β-unsaturated/α-hetero) is 1. The maximum Gasteiger partial charge on any atom is 0.452 e. The van der Waals surface area contributed by atoms with E-state index in [0.717, 1.165) is 0 Å². The molecule has 1 aliphatic rings. The molecule has 172 valence electrons. The number of rotatable bonds is 8. The molecule has 1 aliphatic heterocycles. The summed E-state index contributed by atoms with van der Waals surface area (Å²) >= 11 is 0. The van der Waals surface area contributed by atoms with Crippen molar-refractivity contribution in [1.29, 1.82) is 0 Å². The van der Waals surface area contributed by atoms with Crippen molar-refractivity contribution in [2.75, 3.05) is 13.2 Å². The molecule has 0 aromatic carbocycles. The Morgan fingerprint density at radius 3 is 2.07 bits per heavy atom. The van der Waals surface area contributed by atoms with Crippen LogP contribution in [0.15, 0.2) is 0 Å². The Labute approximate surface area is 173 Å². The van der Waals surface area contributed by atoms with Crippen LogP contribution in [0, 0.1) is 11.8 Å². The Hall–Kier alpha value is -2.33.